The number of rotatable bonds is 4. The van der Waals surface area contributed by atoms with E-state index in [1.807, 2.05) is 11.6 Å². The molecule has 6 heteroatoms. The van der Waals surface area contributed by atoms with Crippen LogP contribution in [0.2, 0.25) is 10.0 Å². The molecule has 0 saturated carbocycles. The van der Waals surface area contributed by atoms with Crippen LogP contribution in [0, 0.1) is 6.92 Å². The van der Waals surface area contributed by atoms with Crippen LogP contribution in [0.15, 0.2) is 18.2 Å². The minimum atomic E-state index is 0.576. The van der Waals surface area contributed by atoms with Crippen molar-refractivity contribution in [1.82, 2.24) is 9.78 Å². The number of benzene rings is 1. The van der Waals surface area contributed by atoms with Crippen molar-refractivity contribution in [1.29, 1.82) is 0 Å². The number of aromatic nitrogens is 2. The van der Waals surface area contributed by atoms with Gasteiger partial charge in [0.15, 0.2) is 5.82 Å². The molecular weight excluding hydrogens is 283 g/mol. The van der Waals surface area contributed by atoms with E-state index < -0.39 is 0 Å². The predicted octanol–water partition coefficient (Wildman–Crippen LogP) is 4.23. The lowest BCUT2D eigenvalue weighted by Crippen LogP contribution is -2.05. The molecular formula is C13H16Cl2N4. The molecule has 0 aliphatic heterocycles. The molecule has 1 heterocycles. The molecule has 0 atom stereocenters. The first-order valence-corrected chi connectivity index (χ1v) is 6.83. The third-order valence-corrected chi connectivity index (χ3v) is 3.17. The topological polar surface area (TPSA) is 55.9 Å². The zero-order valence-electron chi connectivity index (χ0n) is 10.9. The Labute approximate surface area is 122 Å². The van der Waals surface area contributed by atoms with Crippen LogP contribution in [-0.2, 0) is 6.54 Å². The summed E-state index contributed by atoms with van der Waals surface area (Å²) < 4.78 is 1.86. The highest BCUT2D eigenvalue weighted by atomic mass is 35.5. The Hall–Kier alpha value is -1.39. The fourth-order valence-electron chi connectivity index (χ4n) is 1.86. The molecule has 1 aromatic heterocycles. The van der Waals surface area contributed by atoms with E-state index in [1.54, 1.807) is 18.2 Å². The first-order chi connectivity index (χ1) is 9.01. The number of aryl methyl sites for hydroxylation is 2. The molecule has 2 aromatic rings. The fourth-order valence-corrected chi connectivity index (χ4v) is 2.39. The van der Waals surface area contributed by atoms with Crippen LogP contribution in [0.25, 0.3) is 0 Å². The Morgan fingerprint density at radius 2 is 1.89 bits per heavy atom. The molecule has 0 aliphatic rings. The molecule has 2 rings (SSSR count). The van der Waals surface area contributed by atoms with Crippen molar-refractivity contribution < 1.29 is 0 Å². The maximum absolute atomic E-state index is 6.05. The summed E-state index contributed by atoms with van der Waals surface area (Å²) in [5.41, 5.74) is 8.29. The van der Waals surface area contributed by atoms with Gasteiger partial charge < -0.3 is 11.1 Å². The molecule has 3 N–H and O–H groups in total. The molecule has 0 aliphatic carbocycles. The molecule has 1 aromatic carbocycles. The van der Waals surface area contributed by atoms with Gasteiger partial charge in [0, 0.05) is 22.3 Å². The minimum Gasteiger partial charge on any atom is -0.394 e. The van der Waals surface area contributed by atoms with Gasteiger partial charge in [-0.05, 0) is 31.5 Å². The summed E-state index contributed by atoms with van der Waals surface area (Å²) in [5.74, 6) is 0.776. The second kappa shape index (κ2) is 5.72. The molecule has 0 spiro atoms. The second-order valence-electron chi connectivity index (χ2n) is 4.35. The molecule has 0 fully saturated rings. The number of hydrogen-bond acceptors (Lipinski definition) is 3. The molecule has 102 valence electrons. The summed E-state index contributed by atoms with van der Waals surface area (Å²) in [4.78, 5) is 0. The van der Waals surface area contributed by atoms with Gasteiger partial charge in [-0.1, -0.05) is 30.1 Å². The predicted molar refractivity (Wildman–Crippen MR) is 81.4 cm³/mol. The third kappa shape index (κ3) is 3.14. The van der Waals surface area contributed by atoms with Gasteiger partial charge in [0.2, 0.25) is 0 Å². The molecule has 0 amide bonds. The zero-order valence-corrected chi connectivity index (χ0v) is 12.4. The van der Waals surface area contributed by atoms with E-state index in [9.17, 15) is 0 Å². The summed E-state index contributed by atoms with van der Waals surface area (Å²) in [6, 6.07) is 5.28. The number of halogens is 2. The maximum atomic E-state index is 6.05. The van der Waals surface area contributed by atoms with Crippen molar-refractivity contribution in [3.05, 3.63) is 33.9 Å². The van der Waals surface area contributed by atoms with Crippen LogP contribution in [0.5, 0.6) is 0 Å². The normalized spacial score (nSPS) is 10.7. The van der Waals surface area contributed by atoms with Gasteiger partial charge in [0.05, 0.1) is 11.4 Å². The van der Waals surface area contributed by atoms with E-state index in [1.165, 1.54) is 0 Å². The smallest absolute Gasteiger partial charge is 0.152 e. The number of nitrogen functional groups attached to an aromatic ring is 1. The van der Waals surface area contributed by atoms with Crippen molar-refractivity contribution in [2.24, 2.45) is 0 Å². The Bertz CT molecular complexity index is 572. The van der Waals surface area contributed by atoms with Gasteiger partial charge in [0.1, 0.15) is 0 Å². The molecule has 0 saturated heterocycles. The Balaban J connectivity index is 2.36. The van der Waals surface area contributed by atoms with E-state index >= 15 is 0 Å². The largest absolute Gasteiger partial charge is 0.394 e. The summed E-state index contributed by atoms with van der Waals surface area (Å²) in [6.45, 7) is 4.78. The van der Waals surface area contributed by atoms with Crippen molar-refractivity contribution in [2.75, 3.05) is 11.1 Å². The highest BCUT2D eigenvalue weighted by Crippen LogP contribution is 2.29. The summed E-state index contributed by atoms with van der Waals surface area (Å²) >= 11 is 12.0. The quantitative estimate of drug-likeness (QED) is 0.888. The average molecular weight is 299 g/mol. The zero-order chi connectivity index (χ0) is 14.0. The van der Waals surface area contributed by atoms with Gasteiger partial charge in [-0.15, -0.1) is 0 Å². The molecule has 0 unspecified atom stereocenters. The van der Waals surface area contributed by atoms with Crippen LogP contribution in [0.1, 0.15) is 19.0 Å². The lowest BCUT2D eigenvalue weighted by Gasteiger charge is -2.10. The third-order valence-electron chi connectivity index (χ3n) is 2.73. The van der Waals surface area contributed by atoms with Gasteiger partial charge in [-0.25, -0.2) is 4.68 Å². The Morgan fingerprint density at radius 1 is 1.26 bits per heavy atom. The van der Waals surface area contributed by atoms with E-state index in [0.717, 1.165) is 30.2 Å². The van der Waals surface area contributed by atoms with Crippen molar-refractivity contribution >= 4 is 40.4 Å². The minimum absolute atomic E-state index is 0.576. The SMILES string of the molecule is CCCn1nc(C)c(N)c1Nc1cc(Cl)cc(Cl)c1. The van der Waals surface area contributed by atoms with Gasteiger partial charge >= 0.3 is 0 Å². The number of nitrogens with one attached hydrogen (secondary N) is 1. The number of nitrogens with zero attached hydrogens (tertiary/aromatic N) is 2. The van der Waals surface area contributed by atoms with Crippen LogP contribution >= 0.6 is 23.2 Å². The standard InChI is InChI=1S/C13H16Cl2N4/c1-3-4-19-13(12(16)8(2)18-19)17-11-6-9(14)5-10(15)7-11/h5-7,17H,3-4,16H2,1-2H3. The molecule has 4 nitrogen and oxygen atoms in total. The molecule has 0 bridgehead atoms. The van der Waals surface area contributed by atoms with E-state index in [4.69, 9.17) is 28.9 Å². The van der Waals surface area contributed by atoms with Crippen LogP contribution in [-0.4, -0.2) is 9.78 Å². The van der Waals surface area contributed by atoms with Crippen molar-refractivity contribution in [3.8, 4) is 0 Å². The van der Waals surface area contributed by atoms with E-state index in [2.05, 4.69) is 17.3 Å². The molecule has 19 heavy (non-hydrogen) atoms. The first kappa shape index (κ1) is 14.0. The maximum Gasteiger partial charge on any atom is 0.152 e. The lowest BCUT2D eigenvalue weighted by molar-refractivity contribution is 0.605. The van der Waals surface area contributed by atoms with Crippen molar-refractivity contribution in [3.63, 3.8) is 0 Å². The van der Waals surface area contributed by atoms with E-state index in [-0.39, 0.29) is 0 Å². The van der Waals surface area contributed by atoms with Gasteiger partial charge in [-0.2, -0.15) is 5.10 Å². The monoisotopic (exact) mass is 298 g/mol. The average Bonchev–Trinajstić information content (AvgIpc) is 2.56. The Kier molecular flexibility index (Phi) is 4.22. The van der Waals surface area contributed by atoms with Crippen molar-refractivity contribution in [2.45, 2.75) is 26.8 Å². The van der Waals surface area contributed by atoms with E-state index in [0.29, 0.717) is 15.7 Å². The highest BCUT2D eigenvalue weighted by molar-refractivity contribution is 6.35. The Morgan fingerprint density at radius 3 is 2.47 bits per heavy atom. The second-order valence-corrected chi connectivity index (χ2v) is 5.23. The van der Waals surface area contributed by atoms with Crippen LogP contribution in [0.3, 0.4) is 0 Å². The number of hydrogen-bond donors (Lipinski definition) is 2. The van der Waals surface area contributed by atoms with Gasteiger partial charge in [0.25, 0.3) is 0 Å². The number of nitrogens with two attached hydrogens (primary N) is 1. The number of anilines is 3. The van der Waals surface area contributed by atoms with Crippen LogP contribution in [0.4, 0.5) is 17.2 Å². The highest BCUT2D eigenvalue weighted by Gasteiger charge is 2.12. The summed E-state index contributed by atoms with van der Waals surface area (Å²) in [5, 5.41) is 8.79. The first-order valence-electron chi connectivity index (χ1n) is 6.07. The molecule has 0 radical (unpaired) electrons. The summed E-state index contributed by atoms with van der Waals surface area (Å²) in [7, 11) is 0. The summed E-state index contributed by atoms with van der Waals surface area (Å²) in [6.07, 6.45) is 0.978. The van der Waals surface area contributed by atoms with Crippen LogP contribution < -0.4 is 11.1 Å². The fraction of sp³-hybridized carbons (Fsp3) is 0.308. The van der Waals surface area contributed by atoms with Gasteiger partial charge in [-0.3, -0.25) is 0 Å². The lowest BCUT2D eigenvalue weighted by atomic mass is 10.3.